The summed E-state index contributed by atoms with van der Waals surface area (Å²) in [6.45, 7) is 7.25. The summed E-state index contributed by atoms with van der Waals surface area (Å²) in [5.41, 5.74) is 1.15. The Morgan fingerprint density at radius 3 is 1.23 bits per heavy atom. The van der Waals surface area contributed by atoms with Crippen molar-refractivity contribution in [2.75, 3.05) is 13.2 Å². The van der Waals surface area contributed by atoms with Gasteiger partial charge in [-0.05, 0) is 146 Å². The third-order valence-corrected chi connectivity index (χ3v) is 12.1. The van der Waals surface area contributed by atoms with Crippen molar-refractivity contribution in [1.82, 2.24) is 0 Å². The molecule has 366 valence electrons. The molecule has 0 heterocycles. The van der Waals surface area contributed by atoms with Gasteiger partial charge in [0.25, 0.3) is 0 Å². The SMILES string of the molecule is C=CCCCCCCCCCOc1ccc(C(=O)Oc2ccc(C(=O)Oc3ccc4ccc(OC(=O)c5ccc(OC(=O)c6ccc(OCCCCCCCCCC)cc6)cc5)c(Cl)c4c3)cc2)cc1. The largest absolute Gasteiger partial charge is 0.494 e. The van der Waals surface area contributed by atoms with Crippen molar-refractivity contribution in [3.63, 3.8) is 0 Å². The molecule has 0 radical (unpaired) electrons. The van der Waals surface area contributed by atoms with E-state index < -0.39 is 23.9 Å². The van der Waals surface area contributed by atoms with E-state index in [1.807, 2.05) is 6.08 Å². The molecule has 0 N–H and O–H groups in total. The lowest BCUT2D eigenvalue weighted by Gasteiger charge is -2.11. The summed E-state index contributed by atoms with van der Waals surface area (Å²) in [6.07, 6.45) is 21.1. The van der Waals surface area contributed by atoms with Crippen molar-refractivity contribution in [3.8, 4) is 34.5 Å². The van der Waals surface area contributed by atoms with E-state index in [1.54, 1.807) is 78.9 Å². The maximum absolute atomic E-state index is 13.2. The summed E-state index contributed by atoms with van der Waals surface area (Å²) >= 11 is 6.74. The number of hydrogen-bond acceptors (Lipinski definition) is 10. The minimum absolute atomic E-state index is 0.0974. The number of rotatable bonds is 29. The molecule has 0 saturated heterocycles. The standard InChI is InChI=1S/C59H63ClO10/c1-3-5-7-9-11-13-15-17-19-41-66-49-30-21-44(22-31-49)56(61)67-50-34-25-46(26-35-50)58(63)69-52-38-20-43-29-39-54(55(60)53(43)42-52)70-59(64)47-27-36-51(37-28-47)68-57(62)45-23-32-48(33-24-45)65-40-18-16-14-12-10-8-6-4-2/h3,20-39,42H,1,4-19,40-41H2,2H3. The lowest BCUT2D eigenvalue weighted by molar-refractivity contribution is 0.0720. The van der Waals surface area contributed by atoms with Gasteiger partial charge in [0.2, 0.25) is 0 Å². The van der Waals surface area contributed by atoms with Gasteiger partial charge in [-0.2, -0.15) is 0 Å². The van der Waals surface area contributed by atoms with Crippen molar-refractivity contribution < 1.29 is 47.6 Å². The normalized spacial score (nSPS) is 10.9. The van der Waals surface area contributed by atoms with Crippen molar-refractivity contribution in [2.24, 2.45) is 0 Å². The summed E-state index contributed by atoms with van der Waals surface area (Å²) in [6, 6.07) is 33.9. The van der Waals surface area contributed by atoms with Crippen LogP contribution in [0.25, 0.3) is 10.8 Å². The summed E-state index contributed by atoms with van der Waals surface area (Å²) < 4.78 is 34.1. The van der Waals surface area contributed by atoms with Crippen LogP contribution in [-0.4, -0.2) is 37.1 Å². The van der Waals surface area contributed by atoms with E-state index >= 15 is 0 Å². The fourth-order valence-electron chi connectivity index (χ4n) is 7.62. The molecule has 10 nitrogen and oxygen atoms in total. The topological polar surface area (TPSA) is 124 Å². The van der Waals surface area contributed by atoms with E-state index in [2.05, 4.69) is 13.5 Å². The zero-order valence-corrected chi connectivity index (χ0v) is 40.9. The van der Waals surface area contributed by atoms with Crippen LogP contribution in [0.3, 0.4) is 0 Å². The Hall–Kier alpha value is -6.91. The summed E-state index contributed by atoms with van der Waals surface area (Å²) in [5, 5.41) is 1.34. The average Bonchev–Trinajstić information content (AvgIpc) is 3.38. The molecule has 0 atom stereocenters. The highest BCUT2D eigenvalue weighted by atomic mass is 35.5. The number of allylic oxidation sites excluding steroid dienone is 1. The fourth-order valence-corrected chi connectivity index (χ4v) is 7.89. The van der Waals surface area contributed by atoms with Crippen LogP contribution < -0.4 is 28.4 Å². The Balaban J connectivity index is 0.929. The second-order valence-corrected chi connectivity index (χ2v) is 17.5. The Morgan fingerprint density at radius 1 is 0.429 bits per heavy atom. The summed E-state index contributed by atoms with van der Waals surface area (Å²) in [5.74, 6) is -0.217. The van der Waals surface area contributed by atoms with E-state index in [-0.39, 0.29) is 39.1 Å². The van der Waals surface area contributed by atoms with Gasteiger partial charge in [-0.15, -0.1) is 6.58 Å². The van der Waals surface area contributed by atoms with Gasteiger partial charge in [0.1, 0.15) is 34.5 Å². The van der Waals surface area contributed by atoms with Crippen molar-refractivity contribution in [1.29, 1.82) is 0 Å². The minimum Gasteiger partial charge on any atom is -0.494 e. The van der Waals surface area contributed by atoms with Crippen LogP contribution in [0.1, 0.15) is 151 Å². The van der Waals surface area contributed by atoms with Gasteiger partial charge in [0.05, 0.1) is 40.5 Å². The minimum atomic E-state index is -0.681. The quantitative estimate of drug-likeness (QED) is 0.0194. The van der Waals surface area contributed by atoms with Crippen LogP contribution in [0, 0.1) is 0 Å². The molecule has 0 bridgehead atoms. The predicted molar refractivity (Wildman–Crippen MR) is 275 cm³/mol. The molecule has 0 aliphatic carbocycles. The number of benzene rings is 6. The van der Waals surface area contributed by atoms with Gasteiger partial charge < -0.3 is 28.4 Å². The number of fused-ring (bicyclic) bond motifs is 1. The second kappa shape index (κ2) is 28.6. The van der Waals surface area contributed by atoms with Crippen LogP contribution in [-0.2, 0) is 0 Å². The highest BCUT2D eigenvalue weighted by Crippen LogP contribution is 2.36. The van der Waals surface area contributed by atoms with Crippen LogP contribution >= 0.6 is 11.6 Å². The lowest BCUT2D eigenvalue weighted by atomic mass is 10.1. The first kappa shape index (κ1) is 52.5. The lowest BCUT2D eigenvalue weighted by Crippen LogP contribution is -2.11. The predicted octanol–water partition coefficient (Wildman–Crippen LogP) is 15.6. The smallest absolute Gasteiger partial charge is 0.343 e. The molecule has 0 aromatic heterocycles. The Bertz CT molecular complexity index is 2610. The molecule has 11 heteroatoms. The van der Waals surface area contributed by atoms with Gasteiger partial charge in [-0.1, -0.05) is 114 Å². The zero-order valence-electron chi connectivity index (χ0n) is 40.1. The van der Waals surface area contributed by atoms with Crippen LogP contribution in [0.5, 0.6) is 34.5 Å². The Kier molecular flexibility index (Phi) is 21.4. The average molecular weight is 968 g/mol. The van der Waals surface area contributed by atoms with E-state index in [4.69, 9.17) is 40.0 Å². The third-order valence-electron chi connectivity index (χ3n) is 11.7. The molecule has 0 aliphatic heterocycles. The second-order valence-electron chi connectivity index (χ2n) is 17.1. The summed E-state index contributed by atoms with van der Waals surface area (Å²) in [4.78, 5) is 52.0. The molecular weight excluding hydrogens is 904 g/mol. The van der Waals surface area contributed by atoms with Gasteiger partial charge >= 0.3 is 23.9 Å². The monoisotopic (exact) mass is 966 g/mol. The highest BCUT2D eigenvalue weighted by Gasteiger charge is 2.17. The van der Waals surface area contributed by atoms with E-state index in [0.29, 0.717) is 41.2 Å². The molecule has 0 spiro atoms. The zero-order chi connectivity index (χ0) is 49.3. The molecule has 6 aromatic rings. The fraction of sp³-hybridized carbons (Fsp3) is 0.322. The molecule has 0 aliphatic rings. The first-order valence-electron chi connectivity index (χ1n) is 24.6. The number of hydrogen-bond donors (Lipinski definition) is 0. The van der Waals surface area contributed by atoms with E-state index in [1.165, 1.54) is 119 Å². The van der Waals surface area contributed by atoms with Gasteiger partial charge in [-0.25, -0.2) is 19.2 Å². The van der Waals surface area contributed by atoms with E-state index in [0.717, 1.165) is 37.5 Å². The molecule has 6 aromatic carbocycles. The molecular formula is C59H63ClO10. The number of carbonyl (C=O) groups is 4. The Labute approximate surface area is 416 Å². The van der Waals surface area contributed by atoms with Crippen molar-refractivity contribution in [3.05, 3.63) is 167 Å². The number of unbranched alkanes of at least 4 members (excludes halogenated alkanes) is 14. The molecule has 0 unspecified atom stereocenters. The third kappa shape index (κ3) is 16.9. The van der Waals surface area contributed by atoms with Crippen molar-refractivity contribution in [2.45, 2.75) is 110 Å². The van der Waals surface area contributed by atoms with Crippen LogP contribution in [0.2, 0.25) is 5.02 Å². The first-order chi connectivity index (χ1) is 34.2. The Morgan fingerprint density at radius 2 is 0.786 bits per heavy atom. The molecule has 0 saturated carbocycles. The van der Waals surface area contributed by atoms with Gasteiger partial charge in [0, 0.05) is 5.39 Å². The molecule has 70 heavy (non-hydrogen) atoms. The maximum Gasteiger partial charge on any atom is 0.343 e. The van der Waals surface area contributed by atoms with Crippen molar-refractivity contribution >= 4 is 46.3 Å². The number of carbonyl (C=O) groups excluding carboxylic acids is 4. The van der Waals surface area contributed by atoms with Gasteiger partial charge in [0.15, 0.2) is 0 Å². The van der Waals surface area contributed by atoms with Crippen LogP contribution in [0.15, 0.2) is 140 Å². The molecule has 6 rings (SSSR count). The number of esters is 4. The highest BCUT2D eigenvalue weighted by molar-refractivity contribution is 6.37. The van der Waals surface area contributed by atoms with Gasteiger partial charge in [-0.3, -0.25) is 0 Å². The number of halogens is 1. The summed E-state index contributed by atoms with van der Waals surface area (Å²) in [7, 11) is 0. The van der Waals surface area contributed by atoms with Crippen LogP contribution in [0.4, 0.5) is 0 Å². The number of ether oxygens (including phenoxy) is 6. The maximum atomic E-state index is 13.2. The first-order valence-corrected chi connectivity index (χ1v) is 25.0. The molecule has 0 amide bonds. The molecule has 0 fully saturated rings. The van der Waals surface area contributed by atoms with E-state index in [9.17, 15) is 19.2 Å².